The summed E-state index contributed by atoms with van der Waals surface area (Å²) >= 11 is 1.45. The van der Waals surface area contributed by atoms with Gasteiger partial charge in [0.1, 0.15) is 5.76 Å². The van der Waals surface area contributed by atoms with Gasteiger partial charge in [-0.2, -0.15) is 0 Å². The summed E-state index contributed by atoms with van der Waals surface area (Å²) in [7, 11) is 3.02. The predicted octanol–water partition coefficient (Wildman–Crippen LogP) is 2.52. The van der Waals surface area contributed by atoms with Crippen molar-refractivity contribution in [2.75, 3.05) is 53.6 Å². The van der Waals surface area contributed by atoms with E-state index < -0.39 is 17.7 Å². The fourth-order valence-electron chi connectivity index (χ4n) is 4.07. The number of hydrogen-bond acceptors (Lipinski definition) is 8. The minimum atomic E-state index is -0.683. The predicted molar refractivity (Wildman–Crippen MR) is 120 cm³/mol. The second kappa shape index (κ2) is 9.72. The smallest absolute Gasteiger partial charge is 0.295 e. The average Bonchev–Trinajstić information content (AvgIpc) is 3.44. The normalized spacial score (nSPS) is 21.2. The third kappa shape index (κ3) is 4.23. The van der Waals surface area contributed by atoms with Gasteiger partial charge in [-0.15, -0.1) is 11.3 Å². The van der Waals surface area contributed by atoms with Crippen molar-refractivity contribution in [1.82, 2.24) is 9.80 Å². The molecule has 2 aliphatic rings. The van der Waals surface area contributed by atoms with Crippen molar-refractivity contribution < 1.29 is 28.9 Å². The van der Waals surface area contributed by atoms with E-state index in [1.54, 1.807) is 23.1 Å². The number of carbonyl (C=O) groups excluding carboxylic acids is 2. The van der Waals surface area contributed by atoms with Crippen molar-refractivity contribution >= 4 is 28.8 Å². The van der Waals surface area contributed by atoms with Crippen molar-refractivity contribution in [2.45, 2.75) is 6.04 Å². The molecule has 0 radical (unpaired) electrons. The lowest BCUT2D eigenvalue weighted by Gasteiger charge is -2.30. The highest BCUT2D eigenvalue weighted by atomic mass is 32.1. The Morgan fingerprint density at radius 2 is 1.88 bits per heavy atom. The van der Waals surface area contributed by atoms with E-state index >= 15 is 0 Å². The number of likely N-dealkylation sites (tertiary alicyclic amines) is 1. The fraction of sp³-hybridized carbons (Fsp3) is 0.391. The Hall–Kier alpha value is -2.88. The SMILES string of the molecule is COc1ccc(/C(O)=C2\C(=O)C(=O)N(CCN3CCOCC3)[C@@H]2c2cccs2)cc1OC. The Morgan fingerprint density at radius 1 is 1.12 bits per heavy atom. The number of methoxy groups -OCH3 is 2. The van der Waals surface area contributed by atoms with Crippen LogP contribution in [0.5, 0.6) is 11.5 Å². The molecule has 2 aromatic rings. The number of ketones is 1. The van der Waals surface area contributed by atoms with Crippen LogP contribution in [0.4, 0.5) is 0 Å². The molecule has 2 fully saturated rings. The van der Waals surface area contributed by atoms with Gasteiger partial charge >= 0.3 is 0 Å². The Labute approximate surface area is 190 Å². The molecule has 0 saturated carbocycles. The van der Waals surface area contributed by atoms with Crippen LogP contribution in [0.15, 0.2) is 41.3 Å². The second-order valence-electron chi connectivity index (χ2n) is 7.53. The molecule has 8 nitrogen and oxygen atoms in total. The lowest BCUT2D eigenvalue weighted by atomic mass is 9.99. The monoisotopic (exact) mass is 458 g/mol. The first-order chi connectivity index (χ1) is 15.5. The zero-order valence-corrected chi connectivity index (χ0v) is 18.9. The number of carbonyl (C=O) groups is 2. The van der Waals surface area contributed by atoms with Crippen molar-refractivity contribution in [2.24, 2.45) is 0 Å². The molecule has 32 heavy (non-hydrogen) atoms. The number of Topliss-reactive ketones (excluding diaryl/α,β-unsaturated/α-hetero) is 1. The Balaban J connectivity index is 1.71. The van der Waals surface area contributed by atoms with Crippen LogP contribution < -0.4 is 9.47 Å². The molecule has 0 aliphatic carbocycles. The molecule has 1 aromatic carbocycles. The number of amides is 1. The van der Waals surface area contributed by atoms with Gasteiger partial charge in [-0.1, -0.05) is 6.07 Å². The number of aliphatic hydroxyl groups is 1. The molecule has 1 N–H and O–H groups in total. The van der Waals surface area contributed by atoms with Gasteiger partial charge in [0.2, 0.25) is 0 Å². The van der Waals surface area contributed by atoms with Gasteiger partial charge in [-0.05, 0) is 29.6 Å². The van der Waals surface area contributed by atoms with Crippen molar-refractivity contribution in [3.63, 3.8) is 0 Å². The first-order valence-electron chi connectivity index (χ1n) is 10.4. The first kappa shape index (κ1) is 22.3. The first-order valence-corrected chi connectivity index (χ1v) is 11.3. The summed E-state index contributed by atoms with van der Waals surface area (Å²) in [6, 6.07) is 8.01. The van der Waals surface area contributed by atoms with Gasteiger partial charge in [0.15, 0.2) is 11.5 Å². The lowest BCUT2D eigenvalue weighted by molar-refractivity contribution is -0.140. The zero-order valence-electron chi connectivity index (χ0n) is 18.1. The van der Waals surface area contributed by atoms with Crippen LogP contribution in [0.25, 0.3) is 5.76 Å². The molecule has 1 amide bonds. The molecule has 1 atom stereocenters. The summed E-state index contributed by atoms with van der Waals surface area (Å²) < 4.78 is 16.0. The van der Waals surface area contributed by atoms with Crippen LogP contribution >= 0.6 is 11.3 Å². The summed E-state index contributed by atoms with van der Waals surface area (Å²) in [6.07, 6.45) is 0. The number of benzene rings is 1. The summed E-state index contributed by atoms with van der Waals surface area (Å²) in [5.41, 5.74) is 0.474. The topological polar surface area (TPSA) is 88.5 Å². The van der Waals surface area contributed by atoms with Crippen LogP contribution in [0, 0.1) is 0 Å². The Morgan fingerprint density at radius 3 is 2.53 bits per heavy atom. The van der Waals surface area contributed by atoms with Crippen LogP contribution in [0.2, 0.25) is 0 Å². The maximum absolute atomic E-state index is 13.1. The van der Waals surface area contributed by atoms with Crippen LogP contribution in [0.3, 0.4) is 0 Å². The van der Waals surface area contributed by atoms with Crippen LogP contribution in [-0.4, -0.2) is 80.2 Å². The Kier molecular flexibility index (Phi) is 6.78. The fourth-order valence-corrected chi connectivity index (χ4v) is 4.91. The number of aliphatic hydroxyl groups excluding tert-OH is 1. The van der Waals surface area contributed by atoms with E-state index in [4.69, 9.17) is 14.2 Å². The standard InChI is InChI=1S/C23H26N2O6S/c1-29-16-6-5-15(14-17(16)30-2)21(26)19-20(18-4-3-13-32-18)25(23(28)22(19)27)8-7-24-9-11-31-12-10-24/h3-6,13-14,20,26H,7-12H2,1-2H3/b21-19+/t20-/m1/s1. The zero-order chi connectivity index (χ0) is 22.7. The highest BCUT2D eigenvalue weighted by Gasteiger charge is 2.46. The molecular formula is C23H26N2O6S. The number of hydrogen-bond donors (Lipinski definition) is 1. The molecule has 2 aliphatic heterocycles. The van der Waals surface area contributed by atoms with Crippen molar-refractivity contribution in [1.29, 1.82) is 0 Å². The molecule has 1 aromatic heterocycles. The number of nitrogens with zero attached hydrogens (tertiary/aromatic N) is 2. The summed E-state index contributed by atoms with van der Waals surface area (Å²) in [6.45, 7) is 3.92. The minimum absolute atomic E-state index is 0.0895. The maximum Gasteiger partial charge on any atom is 0.295 e. The maximum atomic E-state index is 13.1. The molecule has 9 heteroatoms. The molecule has 0 unspecified atom stereocenters. The molecule has 2 saturated heterocycles. The van der Waals surface area contributed by atoms with Gasteiger partial charge in [-0.3, -0.25) is 14.5 Å². The van der Waals surface area contributed by atoms with E-state index in [1.807, 2.05) is 17.5 Å². The van der Waals surface area contributed by atoms with E-state index in [-0.39, 0.29) is 11.3 Å². The summed E-state index contributed by atoms with van der Waals surface area (Å²) in [5.74, 6) is -0.580. The minimum Gasteiger partial charge on any atom is -0.507 e. The third-order valence-electron chi connectivity index (χ3n) is 5.77. The number of ether oxygens (including phenoxy) is 3. The van der Waals surface area contributed by atoms with E-state index in [1.165, 1.54) is 25.6 Å². The molecule has 3 heterocycles. The average molecular weight is 459 g/mol. The van der Waals surface area contributed by atoms with E-state index in [0.29, 0.717) is 43.4 Å². The van der Waals surface area contributed by atoms with Crippen molar-refractivity contribution in [3.05, 3.63) is 51.7 Å². The largest absolute Gasteiger partial charge is 0.507 e. The van der Waals surface area contributed by atoms with Gasteiger partial charge < -0.3 is 24.2 Å². The quantitative estimate of drug-likeness (QED) is 0.387. The number of rotatable bonds is 7. The highest BCUT2D eigenvalue weighted by Crippen LogP contribution is 2.41. The molecule has 170 valence electrons. The summed E-state index contributed by atoms with van der Waals surface area (Å²) in [4.78, 5) is 30.7. The number of thiophene rings is 1. The summed E-state index contributed by atoms with van der Waals surface area (Å²) in [5, 5.41) is 13.1. The van der Waals surface area contributed by atoms with Crippen LogP contribution in [-0.2, 0) is 14.3 Å². The molecular weight excluding hydrogens is 432 g/mol. The highest BCUT2D eigenvalue weighted by molar-refractivity contribution is 7.10. The van der Waals surface area contributed by atoms with Crippen molar-refractivity contribution in [3.8, 4) is 11.5 Å². The van der Waals surface area contributed by atoms with Gasteiger partial charge in [-0.25, -0.2) is 0 Å². The van der Waals surface area contributed by atoms with E-state index in [2.05, 4.69) is 4.90 Å². The third-order valence-corrected chi connectivity index (χ3v) is 6.70. The van der Waals surface area contributed by atoms with E-state index in [9.17, 15) is 14.7 Å². The van der Waals surface area contributed by atoms with Gasteiger partial charge in [0.25, 0.3) is 11.7 Å². The molecule has 0 spiro atoms. The van der Waals surface area contributed by atoms with Gasteiger partial charge in [0.05, 0.1) is 39.0 Å². The van der Waals surface area contributed by atoms with Crippen LogP contribution in [0.1, 0.15) is 16.5 Å². The van der Waals surface area contributed by atoms with E-state index in [0.717, 1.165) is 18.0 Å². The number of morpholine rings is 1. The molecule has 0 bridgehead atoms. The Bertz CT molecular complexity index is 1010. The lowest BCUT2D eigenvalue weighted by Crippen LogP contribution is -2.42. The second-order valence-corrected chi connectivity index (χ2v) is 8.51. The molecule has 4 rings (SSSR count). The van der Waals surface area contributed by atoms with Gasteiger partial charge in [0, 0.05) is 36.6 Å².